The van der Waals surface area contributed by atoms with Crippen LogP contribution in [0.5, 0.6) is 5.75 Å². The highest BCUT2D eigenvalue weighted by atomic mass is 32.2. The molecule has 38 heavy (non-hydrogen) atoms. The van der Waals surface area contributed by atoms with Gasteiger partial charge >= 0.3 is 0 Å². The second kappa shape index (κ2) is 10.3. The minimum Gasteiger partial charge on any atom is -0.495 e. The van der Waals surface area contributed by atoms with E-state index in [2.05, 4.69) is 20.2 Å². The Labute approximate surface area is 221 Å². The molecule has 0 bridgehead atoms. The van der Waals surface area contributed by atoms with E-state index in [4.69, 9.17) is 4.74 Å². The Morgan fingerprint density at radius 3 is 2.61 bits per heavy atom. The molecule has 2 aromatic heterocycles. The Bertz CT molecular complexity index is 1760. The number of hydrazone groups is 1. The highest BCUT2D eigenvalue weighted by Gasteiger charge is 2.23. The molecule has 0 atom stereocenters. The number of nitrogens with zero attached hydrogens (tertiary/aromatic N) is 4. The molecule has 13 heteroatoms. The molecular weight excluding hydrogens is 528 g/mol. The zero-order chi connectivity index (χ0) is 26.7. The van der Waals surface area contributed by atoms with Crippen LogP contribution >= 0.6 is 11.3 Å². The lowest BCUT2D eigenvalue weighted by atomic mass is 10.1. The van der Waals surface area contributed by atoms with E-state index in [1.165, 1.54) is 42.9 Å². The first-order chi connectivity index (χ1) is 18.4. The number of rotatable bonds is 9. The molecule has 0 amide bonds. The summed E-state index contributed by atoms with van der Waals surface area (Å²) in [6.07, 6.45) is 3.38. The van der Waals surface area contributed by atoms with Crippen LogP contribution in [0.15, 0.2) is 94.4 Å². The second-order valence-corrected chi connectivity index (χ2v) is 10.4. The summed E-state index contributed by atoms with van der Waals surface area (Å²) in [4.78, 5) is 16.3. The number of aromatic nitrogens is 2. The van der Waals surface area contributed by atoms with E-state index in [-0.39, 0.29) is 16.3 Å². The number of thiazole rings is 1. The van der Waals surface area contributed by atoms with Crippen LogP contribution in [0.25, 0.3) is 16.2 Å². The maximum Gasteiger partial charge on any atom is 0.295 e. The molecule has 2 heterocycles. The Kier molecular flexibility index (Phi) is 6.77. The van der Waals surface area contributed by atoms with E-state index in [0.717, 1.165) is 16.6 Å². The fourth-order valence-electron chi connectivity index (χ4n) is 3.75. The van der Waals surface area contributed by atoms with Crippen molar-refractivity contribution in [2.45, 2.75) is 4.90 Å². The van der Waals surface area contributed by atoms with Gasteiger partial charge in [0.25, 0.3) is 15.7 Å². The molecule has 0 unspecified atom stereocenters. The number of anilines is 2. The summed E-state index contributed by atoms with van der Waals surface area (Å²) in [5, 5.41) is 17.9. The van der Waals surface area contributed by atoms with Gasteiger partial charge in [0.1, 0.15) is 11.4 Å². The number of benzene rings is 3. The molecule has 0 aliphatic carbocycles. The van der Waals surface area contributed by atoms with Crippen molar-refractivity contribution in [1.82, 2.24) is 9.38 Å². The quantitative estimate of drug-likeness (QED) is 0.146. The molecule has 3 aromatic carbocycles. The van der Waals surface area contributed by atoms with Crippen LogP contribution in [0.3, 0.4) is 0 Å². The summed E-state index contributed by atoms with van der Waals surface area (Å²) >= 11 is 1.47. The monoisotopic (exact) mass is 548 g/mol. The van der Waals surface area contributed by atoms with E-state index >= 15 is 0 Å². The lowest BCUT2D eigenvalue weighted by Crippen LogP contribution is -2.14. The number of nitrogens with one attached hydrogen (secondary N) is 2. The minimum absolute atomic E-state index is 0.0230. The van der Waals surface area contributed by atoms with Gasteiger partial charge in [-0.3, -0.25) is 24.7 Å². The number of fused-ring (bicyclic) bond motifs is 1. The average Bonchev–Trinajstić information content (AvgIpc) is 3.51. The summed E-state index contributed by atoms with van der Waals surface area (Å²) in [7, 11) is -2.73. The van der Waals surface area contributed by atoms with Crippen molar-refractivity contribution in [2.75, 3.05) is 17.3 Å². The average molecular weight is 549 g/mol. The number of sulfonamides is 1. The number of ether oxygens (including phenoxy) is 1. The summed E-state index contributed by atoms with van der Waals surface area (Å²) in [5.41, 5.74) is 4.73. The van der Waals surface area contributed by atoms with E-state index in [0.29, 0.717) is 17.1 Å². The van der Waals surface area contributed by atoms with Crippen LogP contribution in [0.2, 0.25) is 0 Å². The van der Waals surface area contributed by atoms with Gasteiger partial charge in [0.2, 0.25) is 0 Å². The van der Waals surface area contributed by atoms with Gasteiger partial charge in [0, 0.05) is 23.2 Å². The molecule has 2 N–H and O–H groups in total. The number of hydrogen-bond donors (Lipinski definition) is 2. The van der Waals surface area contributed by atoms with Gasteiger partial charge in [-0.2, -0.15) is 5.10 Å². The van der Waals surface area contributed by atoms with Gasteiger partial charge < -0.3 is 4.74 Å². The van der Waals surface area contributed by atoms with Crippen LogP contribution < -0.4 is 14.9 Å². The standard InChI is InChI=1S/C25H20N6O5S2/c1-36-23-10-6-5-9-20(23)29-38(34,35)18-11-12-19(21(15-18)31(32)33)28-26-16-22-24(17-7-3-2-4-8-17)27-25-30(22)13-14-37-25/h2-16,28-29H,1H3/b26-16+. The largest absolute Gasteiger partial charge is 0.495 e. The summed E-state index contributed by atoms with van der Waals surface area (Å²) < 4.78 is 35.3. The first-order valence-corrected chi connectivity index (χ1v) is 13.5. The van der Waals surface area contributed by atoms with Gasteiger partial charge in [-0.05, 0) is 24.3 Å². The van der Waals surface area contributed by atoms with E-state index in [1.54, 1.807) is 18.2 Å². The first kappa shape index (κ1) is 24.9. The van der Waals surface area contributed by atoms with Crippen molar-refractivity contribution in [3.05, 3.63) is 100 Å². The summed E-state index contributed by atoms with van der Waals surface area (Å²) in [6.45, 7) is 0. The number of methoxy groups -OCH3 is 1. The molecule has 0 fully saturated rings. The summed E-state index contributed by atoms with van der Waals surface area (Å²) in [5.74, 6) is 0.313. The third kappa shape index (κ3) is 4.92. The van der Waals surface area contributed by atoms with Crippen molar-refractivity contribution in [3.63, 3.8) is 0 Å². The number of nitro benzene ring substituents is 1. The molecule has 0 aliphatic rings. The third-order valence-electron chi connectivity index (χ3n) is 5.55. The number of imidazole rings is 1. The molecule has 0 spiro atoms. The number of para-hydroxylation sites is 2. The molecule has 0 radical (unpaired) electrons. The van der Waals surface area contributed by atoms with Gasteiger partial charge in [-0.25, -0.2) is 13.4 Å². The predicted molar refractivity (Wildman–Crippen MR) is 147 cm³/mol. The van der Waals surface area contributed by atoms with E-state index < -0.39 is 20.6 Å². The van der Waals surface area contributed by atoms with Crippen LogP contribution in [0.1, 0.15) is 5.69 Å². The molecule has 5 rings (SSSR count). The second-order valence-electron chi connectivity index (χ2n) is 7.88. The SMILES string of the molecule is COc1ccccc1NS(=O)(=O)c1ccc(N/N=C/c2c(-c3ccccc3)nc3sccn23)c([N+](=O)[O-])c1. The first-order valence-electron chi connectivity index (χ1n) is 11.1. The third-order valence-corrected chi connectivity index (χ3v) is 7.67. The van der Waals surface area contributed by atoms with Gasteiger partial charge in [-0.1, -0.05) is 42.5 Å². The normalized spacial score (nSPS) is 11.6. The highest BCUT2D eigenvalue weighted by molar-refractivity contribution is 7.92. The van der Waals surface area contributed by atoms with Crippen LogP contribution in [0, 0.1) is 10.1 Å². The Morgan fingerprint density at radius 2 is 1.84 bits per heavy atom. The molecule has 0 saturated carbocycles. The number of hydrogen-bond acceptors (Lipinski definition) is 9. The van der Waals surface area contributed by atoms with Gasteiger partial charge in [0.05, 0.1) is 40.2 Å². The molecular formula is C25H20N6O5S2. The fourth-order valence-corrected chi connectivity index (χ4v) is 5.57. The van der Waals surface area contributed by atoms with Crippen molar-refractivity contribution in [1.29, 1.82) is 0 Å². The van der Waals surface area contributed by atoms with Crippen LogP contribution in [0.4, 0.5) is 17.1 Å². The van der Waals surface area contributed by atoms with Crippen molar-refractivity contribution in [2.24, 2.45) is 5.10 Å². The smallest absolute Gasteiger partial charge is 0.295 e. The molecule has 5 aromatic rings. The lowest BCUT2D eigenvalue weighted by Gasteiger charge is -2.12. The van der Waals surface area contributed by atoms with E-state index in [1.807, 2.05) is 46.3 Å². The van der Waals surface area contributed by atoms with Gasteiger partial charge in [0.15, 0.2) is 4.96 Å². The Balaban J connectivity index is 1.44. The maximum atomic E-state index is 12.9. The topological polar surface area (TPSA) is 140 Å². The van der Waals surface area contributed by atoms with Crippen molar-refractivity contribution in [3.8, 4) is 17.0 Å². The summed E-state index contributed by atoms with van der Waals surface area (Å²) in [6, 6.07) is 19.6. The van der Waals surface area contributed by atoms with Gasteiger partial charge in [-0.15, -0.1) is 11.3 Å². The Morgan fingerprint density at radius 1 is 1.08 bits per heavy atom. The minimum atomic E-state index is -4.14. The Hall–Kier alpha value is -4.75. The highest BCUT2D eigenvalue weighted by Crippen LogP contribution is 2.31. The number of nitro groups is 1. The zero-order valence-corrected chi connectivity index (χ0v) is 21.4. The van der Waals surface area contributed by atoms with E-state index in [9.17, 15) is 18.5 Å². The lowest BCUT2D eigenvalue weighted by molar-refractivity contribution is -0.384. The molecule has 192 valence electrons. The van der Waals surface area contributed by atoms with Crippen molar-refractivity contribution < 1.29 is 18.1 Å². The zero-order valence-electron chi connectivity index (χ0n) is 19.8. The molecule has 11 nitrogen and oxygen atoms in total. The van der Waals surface area contributed by atoms with Crippen LogP contribution in [-0.4, -0.2) is 36.1 Å². The fraction of sp³-hybridized carbons (Fsp3) is 0.0400. The van der Waals surface area contributed by atoms with Crippen LogP contribution in [-0.2, 0) is 10.0 Å². The molecule has 0 aliphatic heterocycles. The maximum absolute atomic E-state index is 12.9. The van der Waals surface area contributed by atoms with Crippen molar-refractivity contribution >= 4 is 49.6 Å². The molecule has 0 saturated heterocycles. The predicted octanol–water partition coefficient (Wildman–Crippen LogP) is 5.23.